The number of nitrogens with one attached hydrogen (secondary N) is 1. The molecular weight excluding hydrogens is 330 g/mol. The minimum Gasteiger partial charge on any atom is -0.114 e. The second-order valence-corrected chi connectivity index (χ2v) is 5.26. The second-order valence-electron chi connectivity index (χ2n) is 3.63. The van der Waals surface area contributed by atoms with Gasteiger partial charge in [0.15, 0.2) is 4.87 Å². The summed E-state index contributed by atoms with van der Waals surface area (Å²) in [4.78, 5) is 12.5. The average molecular weight is 337 g/mol. The number of nitroso groups, excluding NO2 is 1. The second kappa shape index (κ2) is 5.97. The van der Waals surface area contributed by atoms with Crippen molar-refractivity contribution < 1.29 is 4.87 Å². The highest BCUT2D eigenvalue weighted by Gasteiger charge is 2.16. The number of halogens is 4. The molecule has 2 rings (SSSR count). The molecule has 0 aliphatic rings. The summed E-state index contributed by atoms with van der Waals surface area (Å²) in [7, 11) is 0. The van der Waals surface area contributed by atoms with E-state index in [9.17, 15) is 4.91 Å². The zero-order valence-corrected chi connectivity index (χ0v) is 12.4. The Bertz CT molecular complexity index is 646. The van der Waals surface area contributed by atoms with Gasteiger partial charge in [0.25, 0.3) is 5.69 Å². The molecule has 0 bridgehead atoms. The highest BCUT2D eigenvalue weighted by atomic mass is 35.5. The molecule has 98 valence electrons. The standard InChI is InChI=1S/C12H7Cl4N2O/c13-9-3-1-7(5-11(9)15)17-18(19)8-2-4-10(14)12(16)6-8/h1-6H,(H,17,19)/q+1. The molecule has 1 N–H and O–H groups in total. The lowest BCUT2D eigenvalue weighted by molar-refractivity contribution is -0.427. The first-order chi connectivity index (χ1) is 8.97. The number of hydrogen-bond acceptors (Lipinski definition) is 1. The Morgan fingerprint density at radius 3 is 1.95 bits per heavy atom. The molecule has 0 aromatic heterocycles. The zero-order valence-electron chi connectivity index (χ0n) is 9.33. The van der Waals surface area contributed by atoms with Gasteiger partial charge in [-0.2, -0.15) is 0 Å². The molecule has 7 heteroatoms. The molecule has 2 aromatic carbocycles. The van der Waals surface area contributed by atoms with E-state index in [1.165, 1.54) is 6.07 Å². The Balaban J connectivity index is 2.20. The molecule has 0 aliphatic carbocycles. The number of nitrogens with zero attached hydrogens (tertiary/aromatic N) is 1. The zero-order chi connectivity index (χ0) is 14.0. The van der Waals surface area contributed by atoms with Crippen molar-refractivity contribution in [1.82, 2.24) is 0 Å². The fourth-order valence-corrected chi connectivity index (χ4v) is 1.95. The number of hydrogen-bond donors (Lipinski definition) is 1. The molecule has 0 saturated heterocycles. The minimum absolute atomic E-state index is 0.302. The first-order valence-electron chi connectivity index (χ1n) is 5.11. The largest absolute Gasteiger partial charge is 0.293 e. The van der Waals surface area contributed by atoms with Crippen LogP contribution in [0, 0.1) is 4.91 Å². The van der Waals surface area contributed by atoms with Crippen LogP contribution >= 0.6 is 46.4 Å². The third kappa shape index (κ3) is 3.51. The first kappa shape index (κ1) is 14.4. The summed E-state index contributed by atoms with van der Waals surface area (Å²) < 4.78 is 0. The fraction of sp³-hybridized carbons (Fsp3) is 0. The van der Waals surface area contributed by atoms with Crippen molar-refractivity contribution in [2.24, 2.45) is 0 Å². The first-order valence-corrected chi connectivity index (χ1v) is 6.62. The maximum atomic E-state index is 11.9. The van der Waals surface area contributed by atoms with Gasteiger partial charge in [0, 0.05) is 12.1 Å². The molecular formula is C12H7Cl4N2O+. The highest BCUT2D eigenvalue weighted by molar-refractivity contribution is 6.42. The summed E-state index contributed by atoms with van der Waals surface area (Å²) in [6.45, 7) is 0. The number of benzene rings is 2. The number of hydrazine groups is 1. The molecule has 3 nitrogen and oxygen atoms in total. The molecule has 0 radical (unpaired) electrons. The molecule has 0 amide bonds. The minimum atomic E-state index is 0.302. The van der Waals surface area contributed by atoms with E-state index in [1.807, 2.05) is 0 Å². The normalized spacial score (nSPS) is 10.3. The van der Waals surface area contributed by atoms with E-state index < -0.39 is 0 Å². The van der Waals surface area contributed by atoms with Gasteiger partial charge in [-0.1, -0.05) is 46.4 Å². The predicted molar refractivity (Wildman–Crippen MR) is 79.8 cm³/mol. The molecule has 0 saturated carbocycles. The van der Waals surface area contributed by atoms with Crippen LogP contribution in [-0.2, 0) is 0 Å². The topological polar surface area (TPSA) is 32.1 Å². The molecule has 0 aliphatic heterocycles. The van der Waals surface area contributed by atoms with Crippen molar-refractivity contribution in [2.75, 3.05) is 5.43 Å². The van der Waals surface area contributed by atoms with Gasteiger partial charge in [-0.3, -0.25) is 0 Å². The van der Waals surface area contributed by atoms with E-state index in [2.05, 4.69) is 5.43 Å². The summed E-state index contributed by atoms with van der Waals surface area (Å²) in [5.74, 6) is 0. The van der Waals surface area contributed by atoms with Crippen LogP contribution in [0.1, 0.15) is 0 Å². The van der Waals surface area contributed by atoms with Crippen LogP contribution in [0.2, 0.25) is 20.1 Å². The third-order valence-electron chi connectivity index (χ3n) is 2.29. The van der Waals surface area contributed by atoms with E-state index in [-0.39, 0.29) is 0 Å². The number of anilines is 1. The molecule has 19 heavy (non-hydrogen) atoms. The third-order valence-corrected chi connectivity index (χ3v) is 3.77. The van der Waals surface area contributed by atoms with Crippen molar-refractivity contribution in [2.45, 2.75) is 0 Å². The van der Waals surface area contributed by atoms with Gasteiger partial charge < -0.3 is 0 Å². The van der Waals surface area contributed by atoms with Crippen LogP contribution in [0.5, 0.6) is 0 Å². The quantitative estimate of drug-likeness (QED) is 0.572. The molecule has 0 heterocycles. The molecule has 0 unspecified atom stereocenters. The van der Waals surface area contributed by atoms with Crippen molar-refractivity contribution in [1.29, 1.82) is 0 Å². The van der Waals surface area contributed by atoms with Crippen LogP contribution in [0.15, 0.2) is 36.4 Å². The average Bonchev–Trinajstić information content (AvgIpc) is 2.37. The predicted octanol–water partition coefficient (Wildman–Crippen LogP) is 5.74. The van der Waals surface area contributed by atoms with Crippen LogP contribution < -0.4 is 5.43 Å². The summed E-state index contributed by atoms with van der Waals surface area (Å²) in [6.07, 6.45) is 0. The Morgan fingerprint density at radius 2 is 1.37 bits per heavy atom. The van der Waals surface area contributed by atoms with Crippen molar-refractivity contribution in [3.63, 3.8) is 0 Å². The molecule has 2 aromatic rings. The van der Waals surface area contributed by atoms with Crippen molar-refractivity contribution in [3.05, 3.63) is 61.4 Å². The highest BCUT2D eigenvalue weighted by Crippen LogP contribution is 2.28. The van der Waals surface area contributed by atoms with Gasteiger partial charge >= 0.3 is 0 Å². The summed E-state index contributed by atoms with van der Waals surface area (Å²) in [5.41, 5.74) is 3.44. The SMILES string of the molecule is O=[N+](Nc1ccc(Cl)c(Cl)c1)c1ccc(Cl)c(Cl)c1. The number of rotatable bonds is 3. The molecule has 0 atom stereocenters. The Morgan fingerprint density at radius 1 is 0.789 bits per heavy atom. The summed E-state index contributed by atoms with van der Waals surface area (Å²) in [5, 5.41) is 1.46. The maximum absolute atomic E-state index is 11.9. The van der Waals surface area contributed by atoms with E-state index in [0.29, 0.717) is 36.3 Å². The summed E-state index contributed by atoms with van der Waals surface area (Å²) in [6, 6.07) is 9.33. The van der Waals surface area contributed by atoms with Gasteiger partial charge in [-0.05, 0) is 24.3 Å². The van der Waals surface area contributed by atoms with E-state index in [4.69, 9.17) is 46.4 Å². The molecule has 0 spiro atoms. The lowest BCUT2D eigenvalue weighted by Gasteiger charge is -2.00. The van der Waals surface area contributed by atoms with E-state index in [1.54, 1.807) is 30.3 Å². The van der Waals surface area contributed by atoms with Crippen LogP contribution in [0.25, 0.3) is 0 Å². The van der Waals surface area contributed by atoms with Crippen LogP contribution in [0.4, 0.5) is 11.4 Å². The van der Waals surface area contributed by atoms with E-state index >= 15 is 0 Å². The monoisotopic (exact) mass is 335 g/mol. The van der Waals surface area contributed by atoms with Crippen LogP contribution in [-0.4, -0.2) is 4.87 Å². The van der Waals surface area contributed by atoms with Crippen molar-refractivity contribution >= 4 is 57.8 Å². The van der Waals surface area contributed by atoms with Gasteiger partial charge in [0.1, 0.15) is 5.69 Å². The maximum Gasteiger partial charge on any atom is 0.293 e. The Kier molecular flexibility index (Phi) is 4.53. The van der Waals surface area contributed by atoms with Crippen LogP contribution in [0.3, 0.4) is 0 Å². The van der Waals surface area contributed by atoms with E-state index in [0.717, 1.165) is 0 Å². The van der Waals surface area contributed by atoms with Crippen molar-refractivity contribution in [3.8, 4) is 0 Å². The van der Waals surface area contributed by atoms with Gasteiger partial charge in [0.2, 0.25) is 0 Å². The Labute approximate surface area is 129 Å². The Hall–Kier alpha value is -1.000. The van der Waals surface area contributed by atoms with Gasteiger partial charge in [-0.25, -0.2) is 0 Å². The van der Waals surface area contributed by atoms with Gasteiger partial charge in [-0.15, -0.1) is 5.43 Å². The lowest BCUT2D eigenvalue weighted by atomic mass is 10.3. The molecule has 0 fully saturated rings. The fourth-order valence-electron chi connectivity index (χ4n) is 1.36. The smallest absolute Gasteiger partial charge is 0.114 e. The lowest BCUT2D eigenvalue weighted by Crippen LogP contribution is -2.10. The summed E-state index contributed by atoms with van der Waals surface area (Å²) >= 11 is 23.3. The van der Waals surface area contributed by atoms with Gasteiger partial charge in [0.05, 0.1) is 25.0 Å².